The molecule has 1 aliphatic carbocycles. The molecular weight excluding hydrogens is 200 g/mol. The van der Waals surface area contributed by atoms with E-state index in [1.165, 1.54) is 38.5 Å². The van der Waals surface area contributed by atoms with Crippen LogP contribution in [0.15, 0.2) is 0 Å². The van der Waals surface area contributed by atoms with E-state index in [9.17, 15) is 4.79 Å². The summed E-state index contributed by atoms with van der Waals surface area (Å²) in [5, 5.41) is 6.13. The molecule has 16 heavy (non-hydrogen) atoms. The third-order valence-corrected chi connectivity index (χ3v) is 3.60. The average Bonchev–Trinajstić information content (AvgIpc) is 2.54. The van der Waals surface area contributed by atoms with Gasteiger partial charge in [0, 0.05) is 19.0 Å². The zero-order valence-corrected chi connectivity index (χ0v) is 10.7. The van der Waals surface area contributed by atoms with Crippen molar-refractivity contribution in [3.05, 3.63) is 0 Å². The summed E-state index contributed by atoms with van der Waals surface area (Å²) in [6.45, 7) is 2.93. The molecule has 0 spiro atoms. The van der Waals surface area contributed by atoms with Crippen molar-refractivity contribution < 1.29 is 4.79 Å². The summed E-state index contributed by atoms with van der Waals surface area (Å²) in [6.07, 6.45) is 8.57. The van der Waals surface area contributed by atoms with Gasteiger partial charge >= 0.3 is 0 Å². The van der Waals surface area contributed by atoms with E-state index in [1.54, 1.807) is 0 Å². The highest BCUT2D eigenvalue weighted by Crippen LogP contribution is 2.25. The zero-order chi connectivity index (χ0) is 11.8. The first kappa shape index (κ1) is 13.5. The normalized spacial score (nSPS) is 20.1. The molecule has 0 aromatic rings. The zero-order valence-electron chi connectivity index (χ0n) is 10.7. The van der Waals surface area contributed by atoms with E-state index in [0.29, 0.717) is 18.4 Å². The van der Waals surface area contributed by atoms with Crippen LogP contribution in [0.1, 0.15) is 51.9 Å². The minimum Gasteiger partial charge on any atom is -0.353 e. The molecule has 1 fully saturated rings. The van der Waals surface area contributed by atoms with Crippen molar-refractivity contribution in [2.45, 2.75) is 57.9 Å². The molecule has 1 saturated carbocycles. The molecule has 1 aliphatic rings. The first-order chi connectivity index (χ1) is 7.74. The van der Waals surface area contributed by atoms with Crippen LogP contribution in [0.2, 0.25) is 0 Å². The molecule has 0 heterocycles. The SMILES string of the molecule is CNCCC(=O)N[C@H](C)C1CCCCCC1. The predicted octanol–water partition coefficient (Wildman–Crippen LogP) is 2.07. The van der Waals surface area contributed by atoms with Crippen molar-refractivity contribution in [3.8, 4) is 0 Å². The largest absolute Gasteiger partial charge is 0.353 e. The number of rotatable bonds is 5. The van der Waals surface area contributed by atoms with Gasteiger partial charge in [0.05, 0.1) is 0 Å². The molecule has 3 nitrogen and oxygen atoms in total. The molecule has 0 aromatic carbocycles. The van der Waals surface area contributed by atoms with Crippen molar-refractivity contribution in [3.63, 3.8) is 0 Å². The van der Waals surface area contributed by atoms with Gasteiger partial charge in [-0.05, 0) is 32.7 Å². The molecule has 3 heteroatoms. The number of carbonyl (C=O) groups is 1. The number of hydrogen-bond acceptors (Lipinski definition) is 2. The summed E-state index contributed by atoms with van der Waals surface area (Å²) < 4.78 is 0. The van der Waals surface area contributed by atoms with Crippen LogP contribution in [0.4, 0.5) is 0 Å². The predicted molar refractivity (Wildman–Crippen MR) is 67.3 cm³/mol. The van der Waals surface area contributed by atoms with E-state index in [1.807, 2.05) is 7.05 Å². The van der Waals surface area contributed by atoms with Gasteiger partial charge in [-0.25, -0.2) is 0 Å². The first-order valence-electron chi connectivity index (χ1n) is 6.68. The fourth-order valence-corrected chi connectivity index (χ4v) is 2.49. The topological polar surface area (TPSA) is 41.1 Å². The molecule has 1 atom stereocenters. The third kappa shape index (κ3) is 4.97. The number of amides is 1. The molecule has 0 saturated heterocycles. The Hall–Kier alpha value is -0.570. The van der Waals surface area contributed by atoms with Crippen LogP contribution in [-0.2, 0) is 4.79 Å². The second kappa shape index (κ2) is 7.66. The van der Waals surface area contributed by atoms with E-state index in [0.717, 1.165) is 6.54 Å². The van der Waals surface area contributed by atoms with Crippen molar-refractivity contribution in [1.82, 2.24) is 10.6 Å². The van der Waals surface area contributed by atoms with Gasteiger partial charge in [0.15, 0.2) is 0 Å². The monoisotopic (exact) mass is 226 g/mol. The summed E-state index contributed by atoms with van der Waals surface area (Å²) >= 11 is 0. The van der Waals surface area contributed by atoms with Crippen LogP contribution in [0.3, 0.4) is 0 Å². The van der Waals surface area contributed by atoms with E-state index in [4.69, 9.17) is 0 Å². The second-order valence-corrected chi connectivity index (χ2v) is 4.96. The Morgan fingerprint density at radius 2 is 1.88 bits per heavy atom. The number of carbonyl (C=O) groups excluding carboxylic acids is 1. The van der Waals surface area contributed by atoms with Crippen molar-refractivity contribution in [2.75, 3.05) is 13.6 Å². The maximum Gasteiger partial charge on any atom is 0.221 e. The highest BCUT2D eigenvalue weighted by molar-refractivity contribution is 5.76. The molecule has 1 rings (SSSR count). The van der Waals surface area contributed by atoms with Gasteiger partial charge in [-0.3, -0.25) is 4.79 Å². The van der Waals surface area contributed by atoms with Crippen molar-refractivity contribution >= 4 is 5.91 Å². The smallest absolute Gasteiger partial charge is 0.221 e. The molecule has 94 valence electrons. The summed E-state index contributed by atoms with van der Waals surface area (Å²) in [5.41, 5.74) is 0. The van der Waals surface area contributed by atoms with Crippen LogP contribution in [0, 0.1) is 5.92 Å². The quantitative estimate of drug-likeness (QED) is 0.705. The van der Waals surface area contributed by atoms with Gasteiger partial charge in [-0.2, -0.15) is 0 Å². The Kier molecular flexibility index (Phi) is 6.46. The van der Waals surface area contributed by atoms with Gasteiger partial charge < -0.3 is 10.6 Å². The van der Waals surface area contributed by atoms with Crippen LogP contribution >= 0.6 is 0 Å². The lowest BCUT2D eigenvalue weighted by atomic mass is 9.93. The van der Waals surface area contributed by atoms with Crippen LogP contribution in [0.25, 0.3) is 0 Å². The van der Waals surface area contributed by atoms with Gasteiger partial charge in [0.1, 0.15) is 0 Å². The van der Waals surface area contributed by atoms with Crippen molar-refractivity contribution in [1.29, 1.82) is 0 Å². The van der Waals surface area contributed by atoms with Gasteiger partial charge in [-0.15, -0.1) is 0 Å². The first-order valence-corrected chi connectivity index (χ1v) is 6.68. The maximum absolute atomic E-state index is 11.6. The molecule has 0 bridgehead atoms. The van der Waals surface area contributed by atoms with Crippen LogP contribution in [-0.4, -0.2) is 25.5 Å². The Bertz CT molecular complexity index is 198. The molecule has 0 aliphatic heterocycles. The van der Waals surface area contributed by atoms with Gasteiger partial charge in [0.2, 0.25) is 5.91 Å². The Labute approximate surface area is 99.4 Å². The average molecular weight is 226 g/mol. The number of nitrogens with one attached hydrogen (secondary N) is 2. The highest BCUT2D eigenvalue weighted by atomic mass is 16.1. The van der Waals surface area contributed by atoms with Crippen LogP contribution < -0.4 is 10.6 Å². The van der Waals surface area contributed by atoms with Gasteiger partial charge in [0.25, 0.3) is 0 Å². The molecular formula is C13H26N2O. The summed E-state index contributed by atoms with van der Waals surface area (Å²) in [4.78, 5) is 11.6. The molecule has 0 radical (unpaired) electrons. The molecule has 0 aromatic heterocycles. The second-order valence-electron chi connectivity index (χ2n) is 4.96. The summed E-state index contributed by atoms with van der Waals surface area (Å²) in [6, 6.07) is 0.349. The standard InChI is InChI=1S/C13H26N2O/c1-11(15-13(16)9-10-14-2)12-7-5-3-4-6-8-12/h11-12,14H,3-10H2,1-2H3,(H,15,16)/t11-/m1/s1. The molecule has 1 amide bonds. The minimum atomic E-state index is 0.186. The van der Waals surface area contributed by atoms with Crippen LogP contribution in [0.5, 0.6) is 0 Å². The van der Waals surface area contributed by atoms with E-state index in [2.05, 4.69) is 17.6 Å². The van der Waals surface area contributed by atoms with Gasteiger partial charge in [-0.1, -0.05) is 25.7 Å². The minimum absolute atomic E-state index is 0.186. The van der Waals surface area contributed by atoms with E-state index < -0.39 is 0 Å². The Balaban J connectivity index is 2.26. The molecule has 2 N–H and O–H groups in total. The third-order valence-electron chi connectivity index (χ3n) is 3.60. The van der Waals surface area contributed by atoms with E-state index in [-0.39, 0.29) is 5.91 Å². The fraction of sp³-hybridized carbons (Fsp3) is 0.923. The highest BCUT2D eigenvalue weighted by Gasteiger charge is 2.20. The maximum atomic E-state index is 11.6. The van der Waals surface area contributed by atoms with Crippen molar-refractivity contribution in [2.24, 2.45) is 5.92 Å². The number of hydrogen-bond donors (Lipinski definition) is 2. The molecule has 0 unspecified atom stereocenters. The Morgan fingerprint density at radius 1 is 1.25 bits per heavy atom. The fourth-order valence-electron chi connectivity index (χ4n) is 2.49. The van der Waals surface area contributed by atoms with E-state index >= 15 is 0 Å². The lowest BCUT2D eigenvalue weighted by Gasteiger charge is -2.23. The Morgan fingerprint density at radius 3 is 2.44 bits per heavy atom. The lowest BCUT2D eigenvalue weighted by Crippen LogP contribution is -2.38. The summed E-state index contributed by atoms with van der Waals surface area (Å²) in [7, 11) is 1.88. The lowest BCUT2D eigenvalue weighted by molar-refractivity contribution is -0.121. The summed E-state index contributed by atoms with van der Waals surface area (Å²) in [5.74, 6) is 0.882.